The van der Waals surface area contributed by atoms with E-state index in [0.29, 0.717) is 49.4 Å². The molecule has 0 bridgehead atoms. The van der Waals surface area contributed by atoms with Crippen molar-refractivity contribution < 1.29 is 26.3 Å². The maximum atomic E-state index is 13.6. The molecule has 5 rings (SSSR count). The van der Waals surface area contributed by atoms with Crippen molar-refractivity contribution >= 4 is 23.0 Å². The number of hydrogen-bond donors (Lipinski definition) is 0. The van der Waals surface area contributed by atoms with Gasteiger partial charge in [-0.1, -0.05) is 6.08 Å². The molecule has 2 unspecified atom stereocenters. The van der Waals surface area contributed by atoms with E-state index in [1.807, 2.05) is 11.8 Å². The van der Waals surface area contributed by atoms with E-state index in [1.165, 1.54) is 4.90 Å². The van der Waals surface area contributed by atoms with Gasteiger partial charge < -0.3 is 4.90 Å². The van der Waals surface area contributed by atoms with Crippen LogP contribution in [0.5, 0.6) is 0 Å². The summed E-state index contributed by atoms with van der Waals surface area (Å²) in [5.41, 5.74) is -3.65. The molecule has 0 N–H and O–H groups in total. The fourth-order valence-corrected chi connectivity index (χ4v) is 5.01. The summed E-state index contributed by atoms with van der Waals surface area (Å²) in [4.78, 5) is 15.0. The summed E-state index contributed by atoms with van der Waals surface area (Å²) < 4.78 is 81.5. The molecular weight excluding hydrogens is 448 g/mol. The monoisotopic (exact) mass is 471 g/mol. The smallest absolute Gasteiger partial charge is 0.351 e. The molecule has 0 spiro atoms. The molecule has 0 aromatic heterocycles. The Morgan fingerprint density at radius 1 is 0.939 bits per heavy atom. The predicted octanol–water partition coefficient (Wildman–Crippen LogP) is 5.06. The van der Waals surface area contributed by atoms with Crippen LogP contribution in [0.2, 0.25) is 0 Å². The lowest BCUT2D eigenvalue weighted by Gasteiger charge is -2.41. The molecule has 0 amide bonds. The van der Waals surface area contributed by atoms with Crippen molar-refractivity contribution in [2.75, 3.05) is 31.1 Å². The molecule has 1 aromatic carbocycles. The number of aliphatic imine (C=N–C) groups is 2. The van der Waals surface area contributed by atoms with Crippen LogP contribution in [0.1, 0.15) is 37.3 Å². The van der Waals surface area contributed by atoms with Gasteiger partial charge in [-0.2, -0.15) is 26.3 Å². The lowest BCUT2D eigenvalue weighted by molar-refractivity contribution is -0.162. The first-order valence-electron chi connectivity index (χ1n) is 11.0. The second kappa shape index (κ2) is 7.75. The van der Waals surface area contributed by atoms with Gasteiger partial charge in [0.2, 0.25) is 0 Å². The minimum atomic E-state index is -5.16. The van der Waals surface area contributed by atoms with Gasteiger partial charge in [-0.05, 0) is 44.9 Å². The Bertz CT molecular complexity index is 1040. The maximum absolute atomic E-state index is 13.6. The van der Waals surface area contributed by atoms with Gasteiger partial charge in [-0.15, -0.1) is 0 Å². The maximum Gasteiger partial charge on any atom is 0.417 e. The Labute approximate surface area is 187 Å². The summed E-state index contributed by atoms with van der Waals surface area (Å²) in [6.45, 7) is 5.00. The molecule has 2 atom stereocenters. The van der Waals surface area contributed by atoms with Crippen LogP contribution in [0.25, 0.3) is 0 Å². The van der Waals surface area contributed by atoms with E-state index in [9.17, 15) is 26.3 Å². The van der Waals surface area contributed by atoms with Gasteiger partial charge in [0, 0.05) is 31.9 Å². The molecule has 178 valence electrons. The molecule has 0 radical (unpaired) electrons. The van der Waals surface area contributed by atoms with Crippen molar-refractivity contribution in [1.82, 2.24) is 9.80 Å². The molecule has 0 saturated carbocycles. The number of rotatable bonds is 0. The number of hydrogen-bond acceptors (Lipinski definition) is 5. The molecule has 1 aromatic rings. The molecular formula is C22H23F6N5. The van der Waals surface area contributed by atoms with E-state index in [-0.39, 0.29) is 17.4 Å². The van der Waals surface area contributed by atoms with Crippen LogP contribution in [-0.2, 0) is 12.4 Å². The number of halogens is 6. The SMILES string of the molecule is CC1CC=CN2C(=N1)C(N1CCN3CCCC3C1)=Nc1cc(C(F)(F)F)c(C(F)(F)F)cc12. The third-order valence-electron chi connectivity index (χ3n) is 6.60. The summed E-state index contributed by atoms with van der Waals surface area (Å²) in [6, 6.07) is 1.25. The van der Waals surface area contributed by atoms with Crippen LogP contribution in [0.15, 0.2) is 34.4 Å². The lowest BCUT2D eigenvalue weighted by Crippen LogP contribution is -2.56. The average molecular weight is 471 g/mol. The van der Waals surface area contributed by atoms with Crippen LogP contribution >= 0.6 is 0 Å². The molecule has 33 heavy (non-hydrogen) atoms. The number of nitrogens with zero attached hydrogens (tertiary/aromatic N) is 5. The van der Waals surface area contributed by atoms with Crippen LogP contribution in [0.4, 0.5) is 37.7 Å². The number of alkyl halides is 6. The van der Waals surface area contributed by atoms with Gasteiger partial charge in [0.05, 0.1) is 28.5 Å². The largest absolute Gasteiger partial charge is 0.417 e. The molecule has 4 aliphatic heterocycles. The fourth-order valence-electron chi connectivity index (χ4n) is 5.01. The number of amidine groups is 2. The molecule has 2 saturated heterocycles. The summed E-state index contributed by atoms with van der Waals surface area (Å²) in [7, 11) is 0. The Kier molecular flexibility index (Phi) is 5.22. The third-order valence-corrected chi connectivity index (χ3v) is 6.60. The second-order valence-electron chi connectivity index (χ2n) is 8.89. The summed E-state index contributed by atoms with van der Waals surface area (Å²) in [5, 5.41) is 0. The van der Waals surface area contributed by atoms with Gasteiger partial charge >= 0.3 is 12.4 Å². The zero-order chi connectivity index (χ0) is 23.5. The van der Waals surface area contributed by atoms with Crippen molar-refractivity contribution in [2.45, 2.75) is 50.6 Å². The molecule has 0 aliphatic carbocycles. The van der Waals surface area contributed by atoms with Crippen molar-refractivity contribution in [1.29, 1.82) is 0 Å². The average Bonchev–Trinajstić information content (AvgIpc) is 3.11. The zero-order valence-electron chi connectivity index (χ0n) is 17.9. The highest BCUT2D eigenvalue weighted by molar-refractivity contribution is 6.47. The van der Waals surface area contributed by atoms with Crippen molar-refractivity contribution in [3.8, 4) is 0 Å². The van der Waals surface area contributed by atoms with Crippen molar-refractivity contribution in [3.05, 3.63) is 35.5 Å². The second-order valence-corrected chi connectivity index (χ2v) is 8.89. The normalized spacial score (nSPS) is 25.8. The van der Waals surface area contributed by atoms with Gasteiger partial charge in [0.25, 0.3) is 0 Å². The predicted molar refractivity (Wildman–Crippen MR) is 113 cm³/mol. The van der Waals surface area contributed by atoms with Crippen LogP contribution < -0.4 is 4.90 Å². The van der Waals surface area contributed by atoms with Crippen LogP contribution in [-0.4, -0.2) is 59.7 Å². The van der Waals surface area contributed by atoms with E-state index < -0.39 is 23.5 Å². The van der Waals surface area contributed by atoms with Crippen molar-refractivity contribution in [2.24, 2.45) is 9.98 Å². The summed E-state index contributed by atoms with van der Waals surface area (Å²) >= 11 is 0. The Balaban J connectivity index is 1.67. The molecule has 4 heterocycles. The van der Waals surface area contributed by atoms with E-state index in [1.54, 1.807) is 12.3 Å². The molecule has 5 nitrogen and oxygen atoms in total. The highest BCUT2D eigenvalue weighted by atomic mass is 19.4. The van der Waals surface area contributed by atoms with E-state index >= 15 is 0 Å². The molecule has 11 heteroatoms. The van der Waals surface area contributed by atoms with Crippen molar-refractivity contribution in [3.63, 3.8) is 0 Å². The van der Waals surface area contributed by atoms with Crippen LogP contribution in [0.3, 0.4) is 0 Å². The van der Waals surface area contributed by atoms with Crippen LogP contribution in [0, 0.1) is 0 Å². The first kappa shape index (κ1) is 22.2. The number of piperazine rings is 1. The minimum Gasteiger partial charge on any atom is -0.351 e. The van der Waals surface area contributed by atoms with Gasteiger partial charge in [-0.3, -0.25) is 14.8 Å². The quantitative estimate of drug-likeness (QED) is 0.497. The van der Waals surface area contributed by atoms with E-state index in [2.05, 4.69) is 9.89 Å². The van der Waals surface area contributed by atoms with Gasteiger partial charge in [-0.25, -0.2) is 4.99 Å². The highest BCUT2D eigenvalue weighted by Gasteiger charge is 2.45. The number of fused-ring (bicyclic) bond motifs is 4. The molecule has 4 aliphatic rings. The first-order chi connectivity index (χ1) is 15.5. The number of anilines is 1. The number of benzene rings is 1. The summed E-state index contributed by atoms with van der Waals surface area (Å²) in [6.07, 6.45) is -4.28. The first-order valence-corrected chi connectivity index (χ1v) is 11.0. The van der Waals surface area contributed by atoms with Gasteiger partial charge in [0.1, 0.15) is 0 Å². The van der Waals surface area contributed by atoms with E-state index in [4.69, 9.17) is 4.99 Å². The van der Waals surface area contributed by atoms with Gasteiger partial charge in [0.15, 0.2) is 11.7 Å². The lowest BCUT2D eigenvalue weighted by atomic mass is 10.0. The third kappa shape index (κ3) is 4.00. The standard InChI is InChI=1S/C22H23F6N5/c1-13-4-2-7-33-18-11-16(22(26,27)28)15(21(23,24)25)10-17(18)30-19(20(33)29-13)32-9-8-31-6-3-5-14(31)12-32/h2,7,10-11,13-14H,3-6,8-9,12H2,1H3. The molecule has 2 fully saturated rings. The Morgan fingerprint density at radius 2 is 1.67 bits per heavy atom. The Hall–Kier alpha value is -2.56. The summed E-state index contributed by atoms with van der Waals surface area (Å²) in [5.74, 6) is 0.795. The zero-order valence-corrected chi connectivity index (χ0v) is 17.9. The minimum absolute atomic E-state index is 0.0531. The fraction of sp³-hybridized carbons (Fsp3) is 0.545. The highest BCUT2D eigenvalue weighted by Crippen LogP contribution is 2.47. The topological polar surface area (TPSA) is 34.4 Å². The van der Waals surface area contributed by atoms with E-state index in [0.717, 1.165) is 25.9 Å². The Morgan fingerprint density at radius 3 is 2.39 bits per heavy atom.